The monoisotopic (exact) mass is 284 g/mol. The fourth-order valence-electron chi connectivity index (χ4n) is 2.37. The zero-order chi connectivity index (χ0) is 13.6. The molecule has 1 aliphatic rings. The summed E-state index contributed by atoms with van der Waals surface area (Å²) in [5, 5.41) is 3.47. The third-order valence-corrected chi connectivity index (χ3v) is 4.09. The SMILES string of the molecule is CCCC1CNC(CC)CN1CCSC(F)(F)F. The lowest BCUT2D eigenvalue weighted by Crippen LogP contribution is -2.56. The zero-order valence-corrected chi connectivity index (χ0v) is 11.9. The first-order chi connectivity index (χ1) is 8.46. The second-order valence-electron chi connectivity index (χ2n) is 4.75. The quantitative estimate of drug-likeness (QED) is 0.807. The molecule has 2 atom stereocenters. The summed E-state index contributed by atoms with van der Waals surface area (Å²) in [4.78, 5) is 2.23. The Morgan fingerprint density at radius 3 is 2.61 bits per heavy atom. The number of rotatable bonds is 6. The summed E-state index contributed by atoms with van der Waals surface area (Å²) in [7, 11) is 0. The Morgan fingerprint density at radius 1 is 1.33 bits per heavy atom. The molecule has 2 unspecified atom stereocenters. The lowest BCUT2D eigenvalue weighted by molar-refractivity contribution is -0.0329. The maximum absolute atomic E-state index is 12.1. The lowest BCUT2D eigenvalue weighted by atomic mass is 10.0. The molecule has 0 aliphatic carbocycles. The van der Waals surface area contributed by atoms with Crippen molar-refractivity contribution in [1.82, 2.24) is 10.2 Å². The topological polar surface area (TPSA) is 15.3 Å². The van der Waals surface area contributed by atoms with Crippen molar-refractivity contribution in [1.29, 1.82) is 0 Å². The number of alkyl halides is 3. The molecule has 1 N–H and O–H groups in total. The van der Waals surface area contributed by atoms with E-state index in [-0.39, 0.29) is 17.5 Å². The van der Waals surface area contributed by atoms with Crippen LogP contribution in [0, 0.1) is 0 Å². The highest BCUT2D eigenvalue weighted by Gasteiger charge is 2.30. The van der Waals surface area contributed by atoms with Crippen molar-refractivity contribution in [3.8, 4) is 0 Å². The van der Waals surface area contributed by atoms with Gasteiger partial charge in [-0.05, 0) is 24.6 Å². The van der Waals surface area contributed by atoms with Crippen LogP contribution in [0.1, 0.15) is 33.1 Å². The summed E-state index contributed by atoms with van der Waals surface area (Å²) in [6.45, 7) is 6.55. The van der Waals surface area contributed by atoms with Gasteiger partial charge in [-0.3, -0.25) is 4.90 Å². The summed E-state index contributed by atoms with van der Waals surface area (Å²) in [6.07, 6.45) is 3.16. The van der Waals surface area contributed by atoms with E-state index in [4.69, 9.17) is 0 Å². The molecule has 0 aromatic heterocycles. The molecule has 6 heteroatoms. The van der Waals surface area contributed by atoms with Crippen LogP contribution in [0.4, 0.5) is 13.2 Å². The fraction of sp³-hybridized carbons (Fsp3) is 1.00. The van der Waals surface area contributed by atoms with Crippen LogP contribution in [-0.2, 0) is 0 Å². The number of thioether (sulfide) groups is 1. The predicted molar refractivity (Wildman–Crippen MR) is 70.9 cm³/mol. The van der Waals surface area contributed by atoms with Gasteiger partial charge in [0.2, 0.25) is 0 Å². The van der Waals surface area contributed by atoms with Crippen LogP contribution in [0.2, 0.25) is 0 Å². The Labute approximate surface area is 112 Å². The number of piperazine rings is 1. The second kappa shape index (κ2) is 7.60. The summed E-state index contributed by atoms with van der Waals surface area (Å²) in [6, 6.07) is 0.820. The van der Waals surface area contributed by atoms with Gasteiger partial charge in [-0.25, -0.2) is 0 Å². The lowest BCUT2D eigenvalue weighted by Gasteiger charge is -2.40. The zero-order valence-electron chi connectivity index (χ0n) is 11.1. The predicted octanol–water partition coefficient (Wildman–Crippen LogP) is 3.09. The third kappa shape index (κ3) is 5.80. The average Bonchev–Trinajstić information content (AvgIpc) is 2.30. The van der Waals surface area contributed by atoms with E-state index in [2.05, 4.69) is 24.1 Å². The molecule has 0 saturated carbocycles. The molecule has 108 valence electrons. The Balaban J connectivity index is 2.40. The number of nitrogens with one attached hydrogen (secondary N) is 1. The van der Waals surface area contributed by atoms with Gasteiger partial charge in [0.1, 0.15) is 0 Å². The van der Waals surface area contributed by atoms with E-state index in [9.17, 15) is 13.2 Å². The summed E-state index contributed by atoms with van der Waals surface area (Å²) in [5.41, 5.74) is -4.10. The molecule has 0 amide bonds. The van der Waals surface area contributed by atoms with Crippen LogP contribution in [0.5, 0.6) is 0 Å². The highest BCUT2D eigenvalue weighted by atomic mass is 32.2. The van der Waals surface area contributed by atoms with E-state index in [1.165, 1.54) is 0 Å². The normalized spacial score (nSPS) is 26.5. The molecule has 0 bridgehead atoms. The van der Waals surface area contributed by atoms with Gasteiger partial charge in [0.25, 0.3) is 0 Å². The van der Waals surface area contributed by atoms with E-state index >= 15 is 0 Å². The molecule has 0 radical (unpaired) electrons. The third-order valence-electron chi connectivity index (χ3n) is 3.37. The van der Waals surface area contributed by atoms with Crippen LogP contribution in [0.3, 0.4) is 0 Å². The molecule has 1 aliphatic heterocycles. The van der Waals surface area contributed by atoms with Gasteiger partial charge in [-0.1, -0.05) is 20.3 Å². The van der Waals surface area contributed by atoms with Crippen molar-refractivity contribution in [3.05, 3.63) is 0 Å². The van der Waals surface area contributed by atoms with Crippen molar-refractivity contribution in [2.24, 2.45) is 0 Å². The van der Waals surface area contributed by atoms with Crippen LogP contribution in [0.25, 0.3) is 0 Å². The highest BCUT2D eigenvalue weighted by Crippen LogP contribution is 2.30. The van der Waals surface area contributed by atoms with Gasteiger partial charge >= 0.3 is 5.51 Å². The minimum Gasteiger partial charge on any atom is -0.311 e. The molecule has 0 aromatic carbocycles. The van der Waals surface area contributed by atoms with Crippen molar-refractivity contribution in [2.75, 3.05) is 25.4 Å². The van der Waals surface area contributed by atoms with Gasteiger partial charge in [0.15, 0.2) is 0 Å². The molecular weight excluding hydrogens is 261 g/mol. The van der Waals surface area contributed by atoms with Crippen molar-refractivity contribution >= 4 is 11.8 Å². The maximum Gasteiger partial charge on any atom is 0.441 e. The van der Waals surface area contributed by atoms with E-state index in [1.807, 2.05) is 0 Å². The Morgan fingerprint density at radius 2 is 2.06 bits per heavy atom. The highest BCUT2D eigenvalue weighted by molar-refractivity contribution is 8.00. The van der Waals surface area contributed by atoms with Crippen molar-refractivity contribution < 1.29 is 13.2 Å². The van der Waals surface area contributed by atoms with Gasteiger partial charge in [0.05, 0.1) is 0 Å². The number of hydrogen-bond donors (Lipinski definition) is 1. The minimum atomic E-state index is -4.10. The van der Waals surface area contributed by atoms with Crippen molar-refractivity contribution in [2.45, 2.75) is 50.7 Å². The number of hydrogen-bond acceptors (Lipinski definition) is 3. The number of nitrogens with zero attached hydrogens (tertiary/aromatic N) is 1. The largest absolute Gasteiger partial charge is 0.441 e. The molecule has 0 aromatic rings. The number of halogens is 3. The molecule has 1 saturated heterocycles. The molecule has 2 nitrogen and oxygen atoms in total. The van der Waals surface area contributed by atoms with Gasteiger partial charge in [-0.2, -0.15) is 13.2 Å². The molecule has 1 fully saturated rings. The van der Waals surface area contributed by atoms with Crippen molar-refractivity contribution in [3.63, 3.8) is 0 Å². The summed E-state index contributed by atoms with van der Waals surface area (Å²) < 4.78 is 36.4. The molecule has 0 spiro atoms. The van der Waals surface area contributed by atoms with E-state index in [0.29, 0.717) is 18.6 Å². The van der Waals surface area contributed by atoms with Crippen LogP contribution in [0.15, 0.2) is 0 Å². The van der Waals surface area contributed by atoms with E-state index < -0.39 is 5.51 Å². The Bertz CT molecular complexity index is 236. The molecular formula is C12H23F3N2S. The molecule has 18 heavy (non-hydrogen) atoms. The first-order valence-corrected chi connectivity index (χ1v) is 7.63. The van der Waals surface area contributed by atoms with Crippen LogP contribution < -0.4 is 5.32 Å². The Kier molecular flexibility index (Phi) is 6.81. The fourth-order valence-corrected chi connectivity index (χ4v) is 2.93. The van der Waals surface area contributed by atoms with Crippen LogP contribution in [-0.4, -0.2) is 47.9 Å². The van der Waals surface area contributed by atoms with Crippen LogP contribution >= 0.6 is 11.8 Å². The summed E-state index contributed by atoms with van der Waals surface area (Å²) in [5.74, 6) is 0.139. The summed E-state index contributed by atoms with van der Waals surface area (Å²) >= 11 is 0.0941. The standard InChI is InChI=1S/C12H23F3N2S/c1-3-5-11-8-16-10(4-2)9-17(11)6-7-18-12(13,14)15/h10-11,16H,3-9H2,1-2H3. The maximum atomic E-state index is 12.1. The second-order valence-corrected chi connectivity index (χ2v) is 5.90. The molecule has 1 heterocycles. The molecule has 1 rings (SSSR count). The van der Waals surface area contributed by atoms with Gasteiger partial charge < -0.3 is 5.32 Å². The van der Waals surface area contributed by atoms with E-state index in [1.54, 1.807) is 0 Å². The first kappa shape index (κ1) is 16.1. The smallest absolute Gasteiger partial charge is 0.311 e. The minimum absolute atomic E-state index is 0.0941. The average molecular weight is 284 g/mol. The van der Waals surface area contributed by atoms with Gasteiger partial charge in [0, 0.05) is 37.5 Å². The van der Waals surface area contributed by atoms with Gasteiger partial charge in [-0.15, -0.1) is 0 Å². The Hall–Kier alpha value is 0.0600. The first-order valence-electron chi connectivity index (χ1n) is 6.64. The van der Waals surface area contributed by atoms with E-state index in [0.717, 1.165) is 32.4 Å².